The van der Waals surface area contributed by atoms with Gasteiger partial charge in [0.2, 0.25) is 11.6 Å². The van der Waals surface area contributed by atoms with Crippen molar-refractivity contribution in [2.24, 2.45) is 0 Å². The highest BCUT2D eigenvalue weighted by Crippen LogP contribution is 2.31. The Balaban J connectivity index is 2.34. The zero-order chi connectivity index (χ0) is 15.2. The van der Waals surface area contributed by atoms with Gasteiger partial charge >= 0.3 is 5.69 Å². The van der Waals surface area contributed by atoms with Crippen molar-refractivity contribution in [1.82, 2.24) is 9.97 Å². The van der Waals surface area contributed by atoms with Gasteiger partial charge in [-0.05, 0) is 12.5 Å². The third-order valence-electron chi connectivity index (χ3n) is 2.95. The van der Waals surface area contributed by atoms with E-state index in [1.807, 2.05) is 37.3 Å². The fraction of sp³-hybridized carbons (Fsp3) is 0.286. The minimum atomic E-state index is -0.450. The number of nitrogens with one attached hydrogen (secondary N) is 1. The molecule has 7 nitrogen and oxygen atoms in total. The van der Waals surface area contributed by atoms with Crippen LogP contribution in [-0.4, -0.2) is 28.5 Å². The second-order valence-corrected chi connectivity index (χ2v) is 4.52. The molecule has 0 saturated carbocycles. The smallest absolute Gasteiger partial charge is 0.353 e. The molecule has 110 valence electrons. The van der Waals surface area contributed by atoms with Gasteiger partial charge < -0.3 is 10.2 Å². The van der Waals surface area contributed by atoms with Crippen LogP contribution in [0.1, 0.15) is 12.5 Å². The molecule has 2 rings (SSSR count). The van der Waals surface area contributed by atoms with E-state index in [-0.39, 0.29) is 11.5 Å². The third-order valence-corrected chi connectivity index (χ3v) is 2.95. The Kier molecular flexibility index (Phi) is 4.65. The van der Waals surface area contributed by atoms with Gasteiger partial charge in [-0.1, -0.05) is 30.3 Å². The molecular formula is C14H17N5O2. The highest BCUT2D eigenvalue weighted by atomic mass is 16.6. The minimum absolute atomic E-state index is 0.0993. The summed E-state index contributed by atoms with van der Waals surface area (Å²) in [5.41, 5.74) is 0.954. The molecule has 0 spiro atoms. The molecule has 1 aromatic carbocycles. The van der Waals surface area contributed by atoms with Crippen molar-refractivity contribution in [3.63, 3.8) is 0 Å². The van der Waals surface area contributed by atoms with Crippen LogP contribution >= 0.6 is 0 Å². The first kappa shape index (κ1) is 14.7. The van der Waals surface area contributed by atoms with Crippen LogP contribution in [0.25, 0.3) is 0 Å². The molecule has 0 fully saturated rings. The van der Waals surface area contributed by atoms with Crippen molar-refractivity contribution < 1.29 is 4.92 Å². The van der Waals surface area contributed by atoms with Gasteiger partial charge in [-0.15, -0.1) is 0 Å². The molecule has 0 saturated heterocycles. The number of nitrogens with zero attached hydrogens (tertiary/aromatic N) is 4. The first-order chi connectivity index (χ1) is 10.1. The number of anilines is 2. The van der Waals surface area contributed by atoms with E-state index in [0.29, 0.717) is 18.9 Å². The van der Waals surface area contributed by atoms with Crippen LogP contribution in [0.15, 0.2) is 36.7 Å². The van der Waals surface area contributed by atoms with Gasteiger partial charge in [0.05, 0.1) is 4.92 Å². The van der Waals surface area contributed by atoms with Crippen LogP contribution in [-0.2, 0) is 6.54 Å². The Morgan fingerprint density at radius 2 is 2.00 bits per heavy atom. The Labute approximate surface area is 122 Å². The van der Waals surface area contributed by atoms with Gasteiger partial charge in [0, 0.05) is 20.1 Å². The summed E-state index contributed by atoms with van der Waals surface area (Å²) in [7, 11) is 1.78. The summed E-state index contributed by atoms with van der Waals surface area (Å²) in [5.74, 6) is 0.544. The molecular weight excluding hydrogens is 270 g/mol. The van der Waals surface area contributed by atoms with E-state index in [1.165, 1.54) is 6.33 Å². The molecule has 0 amide bonds. The number of aromatic nitrogens is 2. The van der Waals surface area contributed by atoms with Gasteiger partial charge in [0.1, 0.15) is 6.33 Å². The summed E-state index contributed by atoms with van der Waals surface area (Å²) in [6.45, 7) is 2.95. The van der Waals surface area contributed by atoms with Crippen LogP contribution in [0, 0.1) is 10.1 Å². The van der Waals surface area contributed by atoms with Gasteiger partial charge in [0.25, 0.3) is 0 Å². The quantitative estimate of drug-likeness (QED) is 0.649. The number of rotatable bonds is 6. The molecule has 1 N–H and O–H groups in total. The van der Waals surface area contributed by atoms with Crippen molar-refractivity contribution in [3.05, 3.63) is 52.3 Å². The van der Waals surface area contributed by atoms with Crippen LogP contribution in [0.2, 0.25) is 0 Å². The molecule has 0 radical (unpaired) electrons. The average molecular weight is 287 g/mol. The number of nitro groups is 1. The average Bonchev–Trinajstić information content (AvgIpc) is 2.48. The maximum Gasteiger partial charge on any atom is 0.353 e. The molecule has 0 unspecified atom stereocenters. The highest BCUT2D eigenvalue weighted by Gasteiger charge is 2.25. The van der Waals surface area contributed by atoms with Crippen molar-refractivity contribution >= 4 is 17.3 Å². The van der Waals surface area contributed by atoms with Crippen molar-refractivity contribution in [3.8, 4) is 0 Å². The van der Waals surface area contributed by atoms with Gasteiger partial charge in [-0.25, -0.2) is 9.97 Å². The monoisotopic (exact) mass is 287 g/mol. The van der Waals surface area contributed by atoms with Crippen molar-refractivity contribution in [1.29, 1.82) is 0 Å². The molecule has 1 aromatic heterocycles. The molecule has 7 heteroatoms. The topological polar surface area (TPSA) is 84.2 Å². The lowest BCUT2D eigenvalue weighted by Gasteiger charge is -2.18. The van der Waals surface area contributed by atoms with Crippen LogP contribution in [0.3, 0.4) is 0 Å². The number of benzene rings is 1. The largest absolute Gasteiger partial charge is 0.364 e. The maximum absolute atomic E-state index is 11.3. The zero-order valence-corrected chi connectivity index (χ0v) is 12.0. The van der Waals surface area contributed by atoms with E-state index in [0.717, 1.165) is 5.56 Å². The van der Waals surface area contributed by atoms with E-state index < -0.39 is 4.92 Å². The Morgan fingerprint density at radius 3 is 2.62 bits per heavy atom. The predicted octanol–water partition coefficient (Wildman–Crippen LogP) is 2.45. The van der Waals surface area contributed by atoms with Crippen LogP contribution in [0.5, 0.6) is 0 Å². The number of hydrogen-bond acceptors (Lipinski definition) is 6. The molecule has 21 heavy (non-hydrogen) atoms. The van der Waals surface area contributed by atoms with Gasteiger partial charge in [-0.3, -0.25) is 10.1 Å². The van der Waals surface area contributed by atoms with E-state index in [1.54, 1.807) is 11.9 Å². The lowest BCUT2D eigenvalue weighted by atomic mass is 10.2. The molecule has 0 aliphatic heterocycles. The fourth-order valence-corrected chi connectivity index (χ4v) is 2.05. The Morgan fingerprint density at radius 1 is 1.29 bits per heavy atom. The first-order valence-electron chi connectivity index (χ1n) is 6.61. The van der Waals surface area contributed by atoms with E-state index in [4.69, 9.17) is 0 Å². The summed E-state index contributed by atoms with van der Waals surface area (Å²) in [5, 5.41) is 14.2. The van der Waals surface area contributed by atoms with Crippen LogP contribution < -0.4 is 10.2 Å². The predicted molar refractivity (Wildman–Crippen MR) is 81.4 cm³/mol. The third kappa shape index (κ3) is 3.44. The lowest BCUT2D eigenvalue weighted by Crippen LogP contribution is -2.20. The van der Waals surface area contributed by atoms with E-state index in [9.17, 15) is 10.1 Å². The van der Waals surface area contributed by atoms with Gasteiger partial charge in [0.15, 0.2) is 0 Å². The second kappa shape index (κ2) is 6.65. The van der Waals surface area contributed by atoms with Crippen molar-refractivity contribution in [2.75, 3.05) is 23.8 Å². The SMILES string of the molecule is CCNc1ncnc(N(C)Cc2ccccc2)c1[N+](=O)[O-]. The normalized spacial score (nSPS) is 10.2. The van der Waals surface area contributed by atoms with E-state index in [2.05, 4.69) is 15.3 Å². The standard InChI is InChI=1S/C14H17N5O2/c1-3-15-13-12(19(20)21)14(17-10-16-13)18(2)9-11-7-5-4-6-8-11/h4-8,10H,3,9H2,1-2H3,(H,15,16,17). The fourth-order valence-electron chi connectivity index (χ4n) is 2.05. The lowest BCUT2D eigenvalue weighted by molar-refractivity contribution is -0.383. The zero-order valence-electron chi connectivity index (χ0n) is 12.0. The van der Waals surface area contributed by atoms with Gasteiger partial charge in [-0.2, -0.15) is 0 Å². The second-order valence-electron chi connectivity index (χ2n) is 4.52. The Bertz CT molecular complexity index is 618. The molecule has 0 aliphatic rings. The Hall–Kier alpha value is -2.70. The first-order valence-corrected chi connectivity index (χ1v) is 6.61. The molecule has 0 atom stereocenters. The van der Waals surface area contributed by atoms with E-state index >= 15 is 0 Å². The summed E-state index contributed by atoms with van der Waals surface area (Å²) in [4.78, 5) is 20.7. The molecule has 0 bridgehead atoms. The highest BCUT2D eigenvalue weighted by molar-refractivity contribution is 5.70. The molecule has 2 aromatic rings. The minimum Gasteiger partial charge on any atom is -0.364 e. The molecule has 0 aliphatic carbocycles. The number of hydrogen-bond donors (Lipinski definition) is 1. The van der Waals surface area contributed by atoms with Crippen LogP contribution in [0.4, 0.5) is 17.3 Å². The summed E-state index contributed by atoms with van der Waals surface area (Å²) in [6, 6.07) is 9.73. The maximum atomic E-state index is 11.3. The molecule has 1 heterocycles. The summed E-state index contributed by atoms with van der Waals surface area (Å²) >= 11 is 0. The summed E-state index contributed by atoms with van der Waals surface area (Å²) in [6.07, 6.45) is 1.34. The summed E-state index contributed by atoms with van der Waals surface area (Å²) < 4.78 is 0. The van der Waals surface area contributed by atoms with Crippen molar-refractivity contribution in [2.45, 2.75) is 13.5 Å².